The number of hydrogen-bond donors (Lipinski definition) is 1. The van der Waals surface area contributed by atoms with E-state index in [-0.39, 0.29) is 29.8 Å². The molecular weight excluding hydrogens is 334 g/mol. The predicted octanol–water partition coefficient (Wildman–Crippen LogP) is 2.07. The number of nitriles is 1. The van der Waals surface area contributed by atoms with Gasteiger partial charge in [0.25, 0.3) is 5.56 Å². The van der Waals surface area contributed by atoms with E-state index < -0.39 is 0 Å². The Morgan fingerprint density at radius 3 is 2.69 bits per heavy atom. The van der Waals surface area contributed by atoms with Crippen molar-refractivity contribution in [1.29, 1.82) is 5.26 Å². The normalized spacial score (nSPS) is 10.8. The van der Waals surface area contributed by atoms with Gasteiger partial charge in [0.15, 0.2) is 17.2 Å². The molecule has 0 aliphatic heterocycles. The van der Waals surface area contributed by atoms with Gasteiger partial charge in [-0.15, -0.1) is 5.10 Å². The van der Waals surface area contributed by atoms with Crippen molar-refractivity contribution in [1.82, 2.24) is 29.8 Å². The summed E-state index contributed by atoms with van der Waals surface area (Å²) in [7, 11) is 0. The van der Waals surface area contributed by atoms with E-state index >= 15 is 0 Å². The van der Waals surface area contributed by atoms with Crippen molar-refractivity contribution in [3.05, 3.63) is 46.8 Å². The molecule has 3 heterocycles. The van der Waals surface area contributed by atoms with Crippen LogP contribution in [0.5, 0.6) is 5.75 Å². The highest BCUT2D eigenvalue weighted by Gasteiger charge is 2.14. The minimum Gasteiger partial charge on any atom is -0.491 e. The number of pyridine rings is 1. The van der Waals surface area contributed by atoms with Crippen LogP contribution in [0, 0.1) is 16.7 Å². The Bertz CT molecular complexity index is 968. The molecule has 0 atom stereocenters. The van der Waals surface area contributed by atoms with Gasteiger partial charge in [0.05, 0.1) is 25.2 Å². The average molecular weight is 355 g/mol. The molecule has 0 radical (unpaired) electrons. The summed E-state index contributed by atoms with van der Waals surface area (Å²) in [4.78, 5) is 16.7. The number of aromatic amines is 1. The van der Waals surface area contributed by atoms with Crippen LogP contribution in [0.4, 0.5) is 0 Å². The van der Waals surface area contributed by atoms with Gasteiger partial charge in [0.2, 0.25) is 0 Å². The van der Waals surface area contributed by atoms with Crippen LogP contribution in [0.25, 0.3) is 11.5 Å². The number of nitrogens with one attached hydrogen (secondary N) is 1. The van der Waals surface area contributed by atoms with E-state index in [1.54, 1.807) is 18.3 Å². The fourth-order valence-corrected chi connectivity index (χ4v) is 2.02. The molecule has 9 nitrogen and oxygen atoms in total. The van der Waals surface area contributed by atoms with Crippen LogP contribution in [0.15, 0.2) is 35.5 Å². The Morgan fingerprint density at radius 2 is 2.12 bits per heavy atom. The molecule has 3 aromatic heterocycles. The molecule has 0 aliphatic rings. The Hall–Kier alpha value is -3.41. The quantitative estimate of drug-likeness (QED) is 0.766. The van der Waals surface area contributed by atoms with Gasteiger partial charge >= 0.3 is 0 Å². The predicted molar refractivity (Wildman–Crippen MR) is 95.5 cm³/mol. The number of ether oxygens (including phenoxy) is 1. The first kappa shape index (κ1) is 18.9. The van der Waals surface area contributed by atoms with Crippen LogP contribution in [0.1, 0.15) is 33.9 Å². The van der Waals surface area contributed by atoms with E-state index in [4.69, 9.17) is 10.00 Å². The molecule has 0 fully saturated rings. The number of H-pyrrole nitrogens is 1. The Morgan fingerprint density at radius 1 is 1.35 bits per heavy atom. The summed E-state index contributed by atoms with van der Waals surface area (Å²) in [5.41, 5.74) is 0.0593. The summed E-state index contributed by atoms with van der Waals surface area (Å²) in [6.07, 6.45) is 4.42. The van der Waals surface area contributed by atoms with Crippen molar-refractivity contribution in [3.8, 4) is 23.3 Å². The van der Waals surface area contributed by atoms with Crippen molar-refractivity contribution in [2.24, 2.45) is 5.41 Å². The first-order valence-corrected chi connectivity index (χ1v) is 7.60. The van der Waals surface area contributed by atoms with Gasteiger partial charge in [-0.3, -0.25) is 9.89 Å². The minimum absolute atomic E-state index is 0. The summed E-state index contributed by atoms with van der Waals surface area (Å²) >= 11 is 0. The summed E-state index contributed by atoms with van der Waals surface area (Å²) in [5.74, 6) is 1.05. The average Bonchev–Trinajstić information content (AvgIpc) is 3.19. The molecule has 136 valence electrons. The number of rotatable bonds is 4. The highest BCUT2D eigenvalue weighted by Crippen LogP contribution is 2.17. The van der Waals surface area contributed by atoms with Crippen molar-refractivity contribution < 1.29 is 4.74 Å². The van der Waals surface area contributed by atoms with Gasteiger partial charge in [-0.25, -0.2) is 9.67 Å². The zero-order valence-corrected chi connectivity index (χ0v) is 14.1. The molecule has 0 amide bonds. The monoisotopic (exact) mass is 355 g/mol. The van der Waals surface area contributed by atoms with Crippen LogP contribution in [-0.2, 0) is 0 Å². The molecule has 9 heteroatoms. The van der Waals surface area contributed by atoms with E-state index in [0.717, 1.165) is 0 Å². The lowest BCUT2D eigenvalue weighted by Gasteiger charge is -2.18. The zero-order chi connectivity index (χ0) is 18.0. The van der Waals surface area contributed by atoms with E-state index in [1.807, 2.05) is 6.07 Å². The second-order valence-electron chi connectivity index (χ2n) is 6.66. The zero-order valence-electron chi connectivity index (χ0n) is 14.1. The summed E-state index contributed by atoms with van der Waals surface area (Å²) < 4.78 is 8.19. The molecule has 1 N–H and O–H groups in total. The first-order chi connectivity index (χ1) is 11.9. The maximum Gasteiger partial charge on any atom is 0.298 e. The van der Waals surface area contributed by atoms with Gasteiger partial charge < -0.3 is 4.74 Å². The van der Waals surface area contributed by atoms with Crippen LogP contribution in [0.2, 0.25) is 0 Å². The van der Waals surface area contributed by atoms with Gasteiger partial charge in [-0.2, -0.15) is 9.94 Å². The SMILES string of the molecule is C.CC(C)(C)COc1ccc(-n2[nH]cc(-n3cc(C#N)nn3)c2=O)nc1. The molecule has 3 aromatic rings. The second kappa shape index (κ2) is 7.23. The third kappa shape index (κ3) is 3.97. The molecule has 26 heavy (non-hydrogen) atoms. The minimum atomic E-state index is -0.356. The van der Waals surface area contributed by atoms with Crippen LogP contribution < -0.4 is 10.3 Å². The maximum atomic E-state index is 12.5. The van der Waals surface area contributed by atoms with Crippen molar-refractivity contribution in [3.63, 3.8) is 0 Å². The maximum absolute atomic E-state index is 12.5. The van der Waals surface area contributed by atoms with E-state index in [0.29, 0.717) is 18.2 Å². The highest BCUT2D eigenvalue weighted by molar-refractivity contribution is 5.33. The number of hydrogen-bond acceptors (Lipinski definition) is 6. The lowest BCUT2D eigenvalue weighted by Crippen LogP contribution is -2.20. The Kier molecular flexibility index (Phi) is 5.26. The molecular formula is C17H21N7O2. The molecule has 0 spiro atoms. The molecule has 0 saturated carbocycles. The fourth-order valence-electron chi connectivity index (χ4n) is 2.02. The summed E-state index contributed by atoms with van der Waals surface area (Å²) in [6.45, 7) is 6.80. The molecule has 3 rings (SSSR count). The van der Waals surface area contributed by atoms with E-state index in [2.05, 4.69) is 41.2 Å². The molecule has 0 aliphatic carbocycles. The molecule has 0 aromatic carbocycles. The number of aromatic nitrogens is 6. The lowest BCUT2D eigenvalue weighted by molar-refractivity contribution is 0.197. The smallest absolute Gasteiger partial charge is 0.298 e. The molecule has 0 unspecified atom stereocenters. The molecule has 0 bridgehead atoms. The van der Waals surface area contributed by atoms with Gasteiger partial charge in [0.1, 0.15) is 11.8 Å². The number of nitrogens with zero attached hydrogens (tertiary/aromatic N) is 6. The summed E-state index contributed by atoms with van der Waals surface area (Å²) in [6, 6.07) is 5.30. The largest absolute Gasteiger partial charge is 0.491 e. The van der Waals surface area contributed by atoms with Crippen LogP contribution in [0.3, 0.4) is 0 Å². The second-order valence-corrected chi connectivity index (χ2v) is 6.66. The third-order valence-electron chi connectivity index (χ3n) is 3.23. The van der Waals surface area contributed by atoms with Gasteiger partial charge in [-0.1, -0.05) is 33.4 Å². The Labute approximate surface area is 150 Å². The Balaban J connectivity index is 0.00000243. The van der Waals surface area contributed by atoms with Crippen molar-refractivity contribution >= 4 is 0 Å². The van der Waals surface area contributed by atoms with Crippen molar-refractivity contribution in [2.45, 2.75) is 28.2 Å². The third-order valence-corrected chi connectivity index (χ3v) is 3.23. The molecule has 0 saturated heterocycles. The lowest BCUT2D eigenvalue weighted by atomic mass is 9.99. The first-order valence-electron chi connectivity index (χ1n) is 7.60. The van der Waals surface area contributed by atoms with E-state index in [9.17, 15) is 4.79 Å². The van der Waals surface area contributed by atoms with Gasteiger partial charge in [-0.05, 0) is 17.5 Å². The standard InChI is InChI=1S/C16H17N7O2.CH4/c1-16(2,3)10-25-12-4-5-14(18-7-12)23-15(24)13(8-19-23)22-9-11(6-17)20-21-22;/h4-5,7-9,19H,10H2,1-3H3;1H4. The fraction of sp³-hybridized carbons (Fsp3) is 0.353. The highest BCUT2D eigenvalue weighted by atomic mass is 16.5. The van der Waals surface area contributed by atoms with Crippen LogP contribution in [-0.4, -0.2) is 36.4 Å². The van der Waals surface area contributed by atoms with Crippen LogP contribution >= 0.6 is 0 Å². The topological polar surface area (TPSA) is 114 Å². The van der Waals surface area contributed by atoms with E-state index in [1.165, 1.54) is 21.8 Å². The van der Waals surface area contributed by atoms with Crippen molar-refractivity contribution in [2.75, 3.05) is 6.61 Å². The van der Waals surface area contributed by atoms with Gasteiger partial charge in [0, 0.05) is 0 Å². The summed E-state index contributed by atoms with van der Waals surface area (Å²) in [5, 5.41) is 19.0.